The number of morpholine rings is 1. The number of urea groups is 1. The predicted octanol–water partition coefficient (Wildman–Crippen LogP) is 4.94. The van der Waals surface area contributed by atoms with Gasteiger partial charge in [-0.15, -0.1) is 0 Å². The van der Waals surface area contributed by atoms with Crippen LogP contribution >= 0.6 is 23.2 Å². The van der Waals surface area contributed by atoms with Gasteiger partial charge in [0.2, 0.25) is 0 Å². The number of ether oxygens (including phenoxy) is 1. The van der Waals surface area contributed by atoms with Crippen molar-refractivity contribution in [2.45, 2.75) is 38.7 Å². The zero-order chi connectivity index (χ0) is 31.3. The van der Waals surface area contributed by atoms with Crippen molar-refractivity contribution in [3.05, 3.63) is 99.2 Å². The molecule has 11 heteroatoms. The lowest BCUT2D eigenvalue weighted by Crippen LogP contribution is -2.42. The monoisotopic (exact) mass is 648 g/mol. The molecule has 0 saturated carbocycles. The number of benzene rings is 3. The minimum absolute atomic E-state index is 0.365. The van der Waals surface area contributed by atoms with Crippen LogP contribution in [0.1, 0.15) is 22.4 Å². The van der Waals surface area contributed by atoms with Crippen molar-refractivity contribution in [2.75, 3.05) is 39.4 Å². The van der Waals surface area contributed by atoms with Crippen LogP contribution in [0.15, 0.2) is 66.7 Å². The van der Waals surface area contributed by atoms with E-state index < -0.39 is 12.1 Å². The number of rotatable bonds is 10. The standard InChI is InChI=1S/C34H38Cl2N6O3/c35-27-8-3-24(4-9-27)19-38-18-23-1-5-25(6-2-23)29-17-26(7-10-31(29)36)33-30-22-41(34(37)44)12-11-32(30)42(39-33)21-28(43)20-40-13-15-45-16-14-40/h1-10,17,28,38,43H,11-16,18-22H2,(H2,37,44)/t28-/m1/s1. The molecule has 1 atom stereocenters. The number of hydrogen-bond donors (Lipinski definition) is 3. The number of aliphatic hydroxyl groups is 1. The molecule has 0 spiro atoms. The van der Waals surface area contributed by atoms with Crippen LogP contribution < -0.4 is 11.1 Å². The molecule has 45 heavy (non-hydrogen) atoms. The van der Waals surface area contributed by atoms with Crippen molar-refractivity contribution in [3.63, 3.8) is 0 Å². The number of aromatic nitrogens is 2. The molecule has 0 aliphatic carbocycles. The van der Waals surface area contributed by atoms with E-state index in [4.69, 9.17) is 38.8 Å². The van der Waals surface area contributed by atoms with Crippen molar-refractivity contribution in [2.24, 2.45) is 5.73 Å². The molecular weight excluding hydrogens is 611 g/mol. The molecule has 1 aromatic heterocycles. The minimum atomic E-state index is -0.589. The lowest BCUT2D eigenvalue weighted by molar-refractivity contribution is 0.0106. The molecule has 2 aliphatic rings. The number of fused-ring (bicyclic) bond motifs is 1. The number of nitrogens with zero attached hydrogens (tertiary/aromatic N) is 4. The van der Waals surface area contributed by atoms with Crippen LogP contribution in [-0.2, 0) is 37.3 Å². The molecule has 3 aromatic carbocycles. The number of nitrogens with two attached hydrogens (primary N) is 1. The van der Waals surface area contributed by atoms with Gasteiger partial charge in [0.15, 0.2) is 0 Å². The van der Waals surface area contributed by atoms with E-state index in [2.05, 4.69) is 40.5 Å². The van der Waals surface area contributed by atoms with Gasteiger partial charge in [-0.05, 0) is 41.0 Å². The summed E-state index contributed by atoms with van der Waals surface area (Å²) in [5.41, 5.74) is 13.6. The first-order valence-corrected chi connectivity index (χ1v) is 16.0. The first kappa shape index (κ1) is 31.5. The Balaban J connectivity index is 1.21. The van der Waals surface area contributed by atoms with Gasteiger partial charge in [-0.3, -0.25) is 9.58 Å². The second-order valence-electron chi connectivity index (χ2n) is 11.7. The highest BCUT2D eigenvalue weighted by Gasteiger charge is 2.28. The number of amides is 2. The van der Waals surface area contributed by atoms with Gasteiger partial charge in [0.05, 0.1) is 38.1 Å². The van der Waals surface area contributed by atoms with Gasteiger partial charge < -0.3 is 25.8 Å². The lowest BCUT2D eigenvalue weighted by atomic mass is 9.97. The molecule has 6 rings (SSSR count). The Morgan fingerprint density at radius 2 is 1.60 bits per heavy atom. The quantitative estimate of drug-likeness (QED) is 0.225. The highest BCUT2D eigenvalue weighted by Crippen LogP contribution is 2.36. The zero-order valence-corrected chi connectivity index (χ0v) is 26.6. The molecule has 0 unspecified atom stereocenters. The SMILES string of the molecule is NC(=O)N1CCc2c(c(-c3ccc(Cl)c(-c4ccc(CNCc5ccc(Cl)cc5)cc4)c3)nn2C[C@H](O)CN2CCOCC2)C1. The fourth-order valence-electron chi connectivity index (χ4n) is 6.05. The smallest absolute Gasteiger partial charge is 0.315 e. The molecular formula is C34H38Cl2N6O3. The maximum Gasteiger partial charge on any atom is 0.315 e. The van der Waals surface area contributed by atoms with Crippen molar-refractivity contribution in [1.29, 1.82) is 0 Å². The Morgan fingerprint density at radius 3 is 2.29 bits per heavy atom. The van der Waals surface area contributed by atoms with Crippen molar-refractivity contribution >= 4 is 29.2 Å². The fraction of sp³-hybridized carbons (Fsp3) is 0.353. The van der Waals surface area contributed by atoms with Gasteiger partial charge in [-0.25, -0.2) is 4.79 Å². The highest BCUT2D eigenvalue weighted by molar-refractivity contribution is 6.33. The van der Waals surface area contributed by atoms with Crippen molar-refractivity contribution in [3.8, 4) is 22.4 Å². The van der Waals surface area contributed by atoms with Crippen LogP contribution in [0.3, 0.4) is 0 Å². The fourth-order valence-corrected chi connectivity index (χ4v) is 6.40. The van der Waals surface area contributed by atoms with Gasteiger partial charge in [0.25, 0.3) is 0 Å². The summed E-state index contributed by atoms with van der Waals surface area (Å²) < 4.78 is 7.36. The number of hydrogen-bond acceptors (Lipinski definition) is 6. The molecule has 4 aromatic rings. The summed E-state index contributed by atoms with van der Waals surface area (Å²) in [5, 5.41) is 20.8. The second kappa shape index (κ2) is 14.3. The molecule has 1 saturated heterocycles. The number of primary amides is 1. The van der Waals surface area contributed by atoms with Gasteiger partial charge in [0.1, 0.15) is 0 Å². The van der Waals surface area contributed by atoms with Crippen LogP contribution in [0.4, 0.5) is 4.79 Å². The van der Waals surface area contributed by atoms with Crippen LogP contribution in [0, 0.1) is 0 Å². The molecule has 4 N–H and O–H groups in total. The number of carbonyl (C=O) groups excluding carboxylic acids is 1. The van der Waals surface area contributed by atoms with Gasteiger partial charge in [-0.1, -0.05) is 65.7 Å². The van der Waals surface area contributed by atoms with E-state index in [0.717, 1.165) is 70.4 Å². The molecule has 2 amide bonds. The summed E-state index contributed by atoms with van der Waals surface area (Å²) >= 11 is 12.7. The van der Waals surface area contributed by atoms with Crippen LogP contribution in [-0.4, -0.2) is 76.2 Å². The van der Waals surface area contributed by atoms with E-state index in [-0.39, 0.29) is 0 Å². The lowest BCUT2D eigenvalue weighted by Gasteiger charge is -2.29. The van der Waals surface area contributed by atoms with E-state index in [1.165, 1.54) is 5.56 Å². The Bertz CT molecular complexity index is 1620. The number of carbonyl (C=O) groups is 1. The van der Waals surface area contributed by atoms with E-state index in [0.29, 0.717) is 50.8 Å². The number of aliphatic hydroxyl groups excluding tert-OH is 1. The topological polar surface area (TPSA) is 109 Å². The largest absolute Gasteiger partial charge is 0.390 e. The second-order valence-corrected chi connectivity index (χ2v) is 12.5. The van der Waals surface area contributed by atoms with E-state index in [9.17, 15) is 9.90 Å². The summed E-state index contributed by atoms with van der Waals surface area (Å²) in [5.74, 6) is 0. The van der Waals surface area contributed by atoms with E-state index in [1.807, 2.05) is 41.1 Å². The Labute approximate surface area is 273 Å². The zero-order valence-electron chi connectivity index (χ0n) is 25.1. The van der Waals surface area contributed by atoms with E-state index >= 15 is 0 Å². The number of β-amino-alcohol motifs (C(OH)–C–C–N with tert-alkyl or cyclic N) is 1. The summed E-state index contributed by atoms with van der Waals surface area (Å²) in [7, 11) is 0. The summed E-state index contributed by atoms with van der Waals surface area (Å²) in [4.78, 5) is 16.0. The molecule has 0 bridgehead atoms. The van der Waals surface area contributed by atoms with Gasteiger partial charge in [-0.2, -0.15) is 5.10 Å². The summed E-state index contributed by atoms with van der Waals surface area (Å²) in [6.45, 7) is 6.26. The molecule has 2 aliphatic heterocycles. The average Bonchev–Trinajstić information content (AvgIpc) is 3.40. The molecule has 3 heterocycles. The Hall–Kier alpha value is -3.44. The third kappa shape index (κ3) is 7.69. The molecule has 236 valence electrons. The number of nitrogens with one attached hydrogen (secondary N) is 1. The van der Waals surface area contributed by atoms with E-state index in [1.54, 1.807) is 4.90 Å². The van der Waals surface area contributed by atoms with Crippen LogP contribution in [0.5, 0.6) is 0 Å². The summed E-state index contributed by atoms with van der Waals surface area (Å²) in [6, 6.07) is 21.6. The predicted molar refractivity (Wildman–Crippen MR) is 177 cm³/mol. The third-order valence-electron chi connectivity index (χ3n) is 8.48. The minimum Gasteiger partial charge on any atom is -0.390 e. The first-order chi connectivity index (χ1) is 21.8. The number of halogens is 2. The third-order valence-corrected chi connectivity index (χ3v) is 9.06. The first-order valence-electron chi connectivity index (χ1n) is 15.3. The molecule has 0 radical (unpaired) electrons. The van der Waals surface area contributed by atoms with Crippen LogP contribution in [0.25, 0.3) is 22.4 Å². The maximum atomic E-state index is 12.1. The van der Waals surface area contributed by atoms with Crippen molar-refractivity contribution in [1.82, 2.24) is 24.9 Å². The molecule has 1 fully saturated rings. The molecule has 9 nitrogen and oxygen atoms in total. The van der Waals surface area contributed by atoms with Gasteiger partial charge in [0, 0.05) is 78.1 Å². The Morgan fingerprint density at radius 1 is 0.933 bits per heavy atom. The maximum absolute atomic E-state index is 12.1. The summed E-state index contributed by atoms with van der Waals surface area (Å²) in [6.07, 6.45) is 0.0258. The highest BCUT2D eigenvalue weighted by atomic mass is 35.5. The average molecular weight is 650 g/mol. The van der Waals surface area contributed by atoms with Crippen LogP contribution in [0.2, 0.25) is 10.0 Å². The van der Waals surface area contributed by atoms with Crippen molar-refractivity contribution < 1.29 is 14.6 Å². The van der Waals surface area contributed by atoms with Gasteiger partial charge >= 0.3 is 6.03 Å². The normalized spacial score (nSPS) is 16.0. The Kier molecular flexibility index (Phi) is 10.0.